The van der Waals surface area contributed by atoms with Crippen molar-refractivity contribution in [3.63, 3.8) is 0 Å². The fraction of sp³-hybridized carbons (Fsp3) is 0.318. The number of hydrogen-bond acceptors (Lipinski definition) is 7. The van der Waals surface area contributed by atoms with Crippen molar-refractivity contribution in [3.8, 4) is 11.6 Å². The second kappa shape index (κ2) is 8.65. The van der Waals surface area contributed by atoms with Crippen LogP contribution in [0.15, 0.2) is 42.9 Å². The minimum Gasteiger partial charge on any atom is -0.406 e. The molecule has 0 bridgehead atoms. The molecule has 13 heteroatoms. The summed E-state index contributed by atoms with van der Waals surface area (Å²) in [6.45, 7) is 6.55. The van der Waals surface area contributed by atoms with Gasteiger partial charge in [-0.3, -0.25) is 4.79 Å². The largest absolute Gasteiger partial charge is 0.573 e. The molecule has 1 aromatic carbocycles. The van der Waals surface area contributed by atoms with Crippen LogP contribution >= 0.6 is 0 Å². The molecule has 0 radical (unpaired) electrons. The third-order valence-electron chi connectivity index (χ3n) is 5.15. The average molecular weight is 489 g/mol. The maximum atomic E-state index is 13.2. The van der Waals surface area contributed by atoms with Crippen molar-refractivity contribution in [2.45, 2.75) is 45.7 Å². The third kappa shape index (κ3) is 5.24. The zero-order valence-electron chi connectivity index (χ0n) is 19.2. The van der Waals surface area contributed by atoms with Gasteiger partial charge in [-0.15, -0.1) is 18.3 Å². The van der Waals surface area contributed by atoms with E-state index in [1.807, 2.05) is 6.92 Å². The lowest BCUT2D eigenvalue weighted by Gasteiger charge is -2.30. The van der Waals surface area contributed by atoms with Gasteiger partial charge in [0.2, 0.25) is 0 Å². The Hall–Kier alpha value is -4.00. The lowest BCUT2D eigenvalue weighted by molar-refractivity contribution is -0.274. The summed E-state index contributed by atoms with van der Waals surface area (Å²) in [6.07, 6.45) is -0.101. The number of carbonyl (C=O) groups is 1. The van der Waals surface area contributed by atoms with Crippen LogP contribution in [-0.4, -0.2) is 52.6 Å². The van der Waals surface area contributed by atoms with E-state index in [4.69, 9.17) is 0 Å². The molecule has 184 valence electrons. The molecular weight excluding hydrogens is 467 g/mol. The molecule has 0 saturated heterocycles. The summed E-state index contributed by atoms with van der Waals surface area (Å²) in [5.74, 6) is -0.535. The Kier molecular flexibility index (Phi) is 5.97. The Balaban J connectivity index is 1.65. The summed E-state index contributed by atoms with van der Waals surface area (Å²) in [7, 11) is 0. The number of hydrogen-bond donors (Lipinski definition) is 2. The minimum absolute atomic E-state index is 0.134. The van der Waals surface area contributed by atoms with Crippen LogP contribution in [-0.2, 0) is 0 Å². The Morgan fingerprint density at radius 2 is 1.83 bits per heavy atom. The fourth-order valence-corrected chi connectivity index (χ4v) is 3.57. The first-order valence-electron chi connectivity index (χ1n) is 10.4. The highest BCUT2D eigenvalue weighted by Gasteiger charge is 2.33. The second-order valence-electron chi connectivity index (χ2n) is 8.56. The van der Waals surface area contributed by atoms with Crippen LogP contribution in [0, 0.1) is 13.8 Å². The molecule has 0 saturated carbocycles. The molecule has 0 aliphatic rings. The lowest BCUT2D eigenvalue weighted by atomic mass is 9.91. The Morgan fingerprint density at radius 1 is 1.14 bits per heavy atom. The molecule has 0 fully saturated rings. The topological polar surface area (TPSA) is 119 Å². The summed E-state index contributed by atoms with van der Waals surface area (Å²) in [6, 6.07) is 3.94. The van der Waals surface area contributed by atoms with Crippen molar-refractivity contribution < 1.29 is 27.8 Å². The molecule has 3 heterocycles. The fourth-order valence-electron chi connectivity index (χ4n) is 3.57. The molecule has 4 aromatic rings. The van der Waals surface area contributed by atoms with Gasteiger partial charge in [-0.05, 0) is 45.4 Å². The van der Waals surface area contributed by atoms with Gasteiger partial charge in [-0.25, -0.2) is 14.2 Å². The SMILES string of the molecule is Cc1cn(-c2nc3c(C(=O)N[C@@H](c4ccc(OC(F)(F)F)cc4)C(C)(C)O)cnn3cc2C)nn1. The minimum atomic E-state index is -4.83. The van der Waals surface area contributed by atoms with Gasteiger partial charge >= 0.3 is 6.36 Å². The number of rotatable bonds is 6. The number of ether oxygens (including phenoxy) is 1. The molecule has 1 atom stereocenters. The van der Waals surface area contributed by atoms with Gasteiger partial charge < -0.3 is 15.2 Å². The van der Waals surface area contributed by atoms with Crippen molar-refractivity contribution >= 4 is 11.6 Å². The predicted molar refractivity (Wildman–Crippen MR) is 117 cm³/mol. The van der Waals surface area contributed by atoms with Crippen LogP contribution in [0.5, 0.6) is 5.75 Å². The lowest BCUT2D eigenvalue weighted by Crippen LogP contribution is -2.42. The molecular formula is C22H22F3N7O3. The summed E-state index contributed by atoms with van der Waals surface area (Å²) >= 11 is 0. The number of fused-ring (bicyclic) bond motifs is 1. The standard InChI is InChI=1S/C22H22F3N7O3/c1-12-10-31-19(28-18(12)32-11-13(2)29-30-32)16(9-26-31)20(33)27-17(21(3,4)34)14-5-7-15(8-6-14)35-22(23,24)25/h5-11,17,34H,1-4H3,(H,27,33)/t17-/m0/s1. The zero-order chi connectivity index (χ0) is 25.5. The highest BCUT2D eigenvalue weighted by molar-refractivity contribution is 6.00. The van der Waals surface area contributed by atoms with E-state index < -0.39 is 29.7 Å². The van der Waals surface area contributed by atoms with Crippen molar-refractivity contribution in [2.24, 2.45) is 0 Å². The maximum absolute atomic E-state index is 13.2. The van der Waals surface area contributed by atoms with Crippen LogP contribution in [0.2, 0.25) is 0 Å². The van der Waals surface area contributed by atoms with Gasteiger partial charge in [0.25, 0.3) is 5.91 Å². The van der Waals surface area contributed by atoms with Crippen molar-refractivity contribution in [3.05, 3.63) is 65.2 Å². The van der Waals surface area contributed by atoms with Gasteiger partial charge in [0.15, 0.2) is 11.5 Å². The van der Waals surface area contributed by atoms with Gasteiger partial charge in [0, 0.05) is 11.8 Å². The molecule has 2 N–H and O–H groups in total. The Bertz CT molecular complexity index is 1370. The normalized spacial score (nSPS) is 13.1. The van der Waals surface area contributed by atoms with Gasteiger partial charge in [0.05, 0.1) is 29.7 Å². The highest BCUT2D eigenvalue weighted by Crippen LogP contribution is 2.29. The van der Waals surface area contributed by atoms with Crippen LogP contribution in [0.3, 0.4) is 0 Å². The van der Waals surface area contributed by atoms with E-state index in [1.165, 1.54) is 41.4 Å². The number of aromatic nitrogens is 6. The summed E-state index contributed by atoms with van der Waals surface area (Å²) in [5.41, 5.74) is 0.733. The molecule has 0 aliphatic heterocycles. The summed E-state index contributed by atoms with van der Waals surface area (Å²) in [5, 5.41) is 25.6. The number of aliphatic hydroxyl groups is 1. The number of aryl methyl sites for hydroxylation is 2. The molecule has 0 aliphatic carbocycles. The quantitative estimate of drug-likeness (QED) is 0.427. The number of halogens is 3. The average Bonchev–Trinajstić information content (AvgIpc) is 3.35. The summed E-state index contributed by atoms with van der Waals surface area (Å²) in [4.78, 5) is 17.8. The van der Waals surface area contributed by atoms with Crippen LogP contribution in [0.4, 0.5) is 13.2 Å². The van der Waals surface area contributed by atoms with Gasteiger partial charge in [0.1, 0.15) is 11.3 Å². The first-order valence-corrected chi connectivity index (χ1v) is 10.4. The molecule has 3 aromatic heterocycles. The summed E-state index contributed by atoms with van der Waals surface area (Å²) < 4.78 is 44.2. The van der Waals surface area contributed by atoms with Crippen molar-refractivity contribution in [1.82, 2.24) is 34.9 Å². The maximum Gasteiger partial charge on any atom is 0.573 e. The first-order chi connectivity index (χ1) is 16.3. The molecule has 0 unspecified atom stereocenters. The van der Waals surface area contributed by atoms with E-state index >= 15 is 0 Å². The monoisotopic (exact) mass is 489 g/mol. The van der Waals surface area contributed by atoms with Gasteiger partial charge in [-0.1, -0.05) is 17.3 Å². The number of amides is 1. The second-order valence-corrected chi connectivity index (χ2v) is 8.56. The molecule has 10 nitrogen and oxygen atoms in total. The molecule has 4 rings (SSSR count). The van der Waals surface area contributed by atoms with E-state index in [1.54, 1.807) is 19.3 Å². The number of benzene rings is 1. The number of carbonyl (C=O) groups excluding carboxylic acids is 1. The Labute approximate surface area is 197 Å². The molecule has 0 spiro atoms. The van der Waals surface area contributed by atoms with E-state index in [9.17, 15) is 23.1 Å². The van der Waals surface area contributed by atoms with Crippen LogP contribution in [0.1, 0.15) is 47.1 Å². The predicted octanol–water partition coefficient (Wildman–Crippen LogP) is 3.07. The molecule has 35 heavy (non-hydrogen) atoms. The molecule has 1 amide bonds. The zero-order valence-corrected chi connectivity index (χ0v) is 19.2. The number of alkyl halides is 3. The van der Waals surface area contributed by atoms with Crippen LogP contribution < -0.4 is 10.1 Å². The van der Waals surface area contributed by atoms with E-state index in [-0.39, 0.29) is 11.2 Å². The van der Waals surface area contributed by atoms with E-state index in [2.05, 4.69) is 30.4 Å². The Morgan fingerprint density at radius 3 is 2.40 bits per heavy atom. The van der Waals surface area contributed by atoms with Gasteiger partial charge in [-0.2, -0.15) is 5.10 Å². The van der Waals surface area contributed by atoms with E-state index in [0.717, 1.165) is 17.7 Å². The smallest absolute Gasteiger partial charge is 0.406 e. The van der Waals surface area contributed by atoms with E-state index in [0.29, 0.717) is 17.1 Å². The number of nitrogens with zero attached hydrogens (tertiary/aromatic N) is 6. The van der Waals surface area contributed by atoms with Crippen molar-refractivity contribution in [1.29, 1.82) is 0 Å². The van der Waals surface area contributed by atoms with Crippen molar-refractivity contribution in [2.75, 3.05) is 0 Å². The number of nitrogens with one attached hydrogen (secondary N) is 1. The van der Waals surface area contributed by atoms with Crippen LogP contribution in [0.25, 0.3) is 11.5 Å². The first kappa shape index (κ1) is 24.1. The highest BCUT2D eigenvalue weighted by atomic mass is 19.4. The third-order valence-corrected chi connectivity index (χ3v) is 5.15.